The summed E-state index contributed by atoms with van der Waals surface area (Å²) in [4.78, 5) is 0. The number of ether oxygens (including phenoxy) is 1. The van der Waals surface area contributed by atoms with Gasteiger partial charge in [0.2, 0.25) is 0 Å². The van der Waals surface area contributed by atoms with Crippen molar-refractivity contribution in [1.82, 2.24) is 5.32 Å². The van der Waals surface area contributed by atoms with Gasteiger partial charge in [-0.25, -0.2) is 0 Å². The molecule has 2 heteroatoms. The van der Waals surface area contributed by atoms with Gasteiger partial charge in [-0.05, 0) is 31.3 Å². The summed E-state index contributed by atoms with van der Waals surface area (Å²) in [6.07, 6.45) is 10.6. The van der Waals surface area contributed by atoms with Crippen LogP contribution in [0.2, 0.25) is 0 Å². The third-order valence-corrected chi connectivity index (χ3v) is 3.62. The molecule has 0 fully saturated rings. The molecule has 1 aliphatic carbocycles. The van der Waals surface area contributed by atoms with E-state index in [2.05, 4.69) is 53.9 Å². The van der Waals surface area contributed by atoms with Crippen LogP contribution >= 0.6 is 0 Å². The van der Waals surface area contributed by atoms with Crippen LogP contribution in [0.4, 0.5) is 0 Å². The van der Waals surface area contributed by atoms with Crippen LogP contribution in [-0.4, -0.2) is 19.7 Å². The minimum Gasteiger partial charge on any atom is -0.485 e. The second-order valence-corrected chi connectivity index (χ2v) is 4.91. The van der Waals surface area contributed by atoms with Gasteiger partial charge in [-0.1, -0.05) is 42.5 Å². The van der Waals surface area contributed by atoms with Gasteiger partial charge in [0, 0.05) is 17.2 Å². The monoisotopic (exact) mass is 253 g/mol. The largest absolute Gasteiger partial charge is 0.485 e. The highest BCUT2D eigenvalue weighted by atomic mass is 16.5. The number of benzene rings is 1. The molecule has 3 rings (SSSR count). The smallest absolute Gasteiger partial charge is 0.142 e. The normalized spacial score (nSPS) is 19.9. The third-order valence-electron chi connectivity index (χ3n) is 3.62. The fourth-order valence-electron chi connectivity index (χ4n) is 2.68. The Morgan fingerprint density at radius 2 is 2.00 bits per heavy atom. The minimum atomic E-state index is 0.0875. The topological polar surface area (TPSA) is 21.3 Å². The van der Waals surface area contributed by atoms with Crippen LogP contribution in [0.15, 0.2) is 48.6 Å². The van der Waals surface area contributed by atoms with Crippen molar-refractivity contribution in [3.8, 4) is 0 Å². The van der Waals surface area contributed by atoms with Crippen LogP contribution < -0.4 is 15.8 Å². The molecule has 1 atom stereocenters. The summed E-state index contributed by atoms with van der Waals surface area (Å²) in [5.41, 5.74) is 1.27. The van der Waals surface area contributed by atoms with E-state index in [0.717, 1.165) is 25.1 Å². The number of hydrogen-bond donors (Lipinski definition) is 1. The molecule has 0 radical (unpaired) electrons. The number of hydrogen-bond acceptors (Lipinski definition) is 2. The van der Waals surface area contributed by atoms with Crippen LogP contribution in [0.3, 0.4) is 0 Å². The maximum atomic E-state index is 6.18. The molecule has 0 spiro atoms. The van der Waals surface area contributed by atoms with Crippen LogP contribution in [0.1, 0.15) is 12.8 Å². The first kappa shape index (κ1) is 12.2. The number of allylic oxidation sites excluding steroid dienone is 2. The Morgan fingerprint density at radius 3 is 2.84 bits per heavy atom. The Balaban J connectivity index is 2.09. The van der Waals surface area contributed by atoms with Crippen molar-refractivity contribution >= 4 is 11.3 Å². The van der Waals surface area contributed by atoms with Crippen molar-refractivity contribution in [2.24, 2.45) is 0 Å². The molecule has 98 valence electrons. The molecule has 1 heterocycles. The Bertz CT molecular complexity index is 639. The molecule has 0 saturated carbocycles. The lowest BCUT2D eigenvalue weighted by molar-refractivity contribution is 0.242. The average molecular weight is 253 g/mol. The Labute approximate surface area is 113 Å². The van der Waals surface area contributed by atoms with E-state index >= 15 is 0 Å². The predicted octanol–water partition coefficient (Wildman–Crippen LogP) is 1.47. The fraction of sp³-hybridized carbons (Fsp3) is 0.294. The molecule has 1 N–H and O–H groups in total. The molecule has 1 aromatic rings. The SMILES string of the molecule is CNCCCC1=c2ccccc2=C2C=CC=CC2O1. The van der Waals surface area contributed by atoms with Crippen molar-refractivity contribution in [2.45, 2.75) is 18.9 Å². The van der Waals surface area contributed by atoms with Gasteiger partial charge in [0.05, 0.1) is 0 Å². The molecular weight excluding hydrogens is 234 g/mol. The second-order valence-electron chi connectivity index (χ2n) is 4.91. The van der Waals surface area contributed by atoms with E-state index in [1.165, 1.54) is 16.0 Å². The van der Waals surface area contributed by atoms with E-state index in [1.54, 1.807) is 0 Å². The molecule has 2 nitrogen and oxygen atoms in total. The molecule has 0 bridgehead atoms. The van der Waals surface area contributed by atoms with Gasteiger partial charge in [-0.15, -0.1) is 0 Å². The molecule has 1 unspecified atom stereocenters. The highest BCUT2D eigenvalue weighted by molar-refractivity contribution is 5.69. The van der Waals surface area contributed by atoms with Crippen molar-refractivity contribution in [2.75, 3.05) is 13.6 Å². The van der Waals surface area contributed by atoms with Gasteiger partial charge in [0.25, 0.3) is 0 Å². The first-order valence-corrected chi connectivity index (χ1v) is 6.88. The number of fused-ring (bicyclic) bond motifs is 2. The molecule has 1 aromatic carbocycles. The maximum absolute atomic E-state index is 6.18. The van der Waals surface area contributed by atoms with Crippen LogP contribution in [0.25, 0.3) is 11.3 Å². The van der Waals surface area contributed by atoms with Gasteiger partial charge < -0.3 is 10.1 Å². The van der Waals surface area contributed by atoms with Gasteiger partial charge >= 0.3 is 0 Å². The summed E-state index contributed by atoms with van der Waals surface area (Å²) in [6.45, 7) is 1.02. The summed E-state index contributed by atoms with van der Waals surface area (Å²) in [5, 5.41) is 5.76. The first-order valence-electron chi connectivity index (χ1n) is 6.88. The third kappa shape index (κ3) is 2.36. The van der Waals surface area contributed by atoms with Crippen molar-refractivity contribution in [3.63, 3.8) is 0 Å². The van der Waals surface area contributed by atoms with Gasteiger partial charge in [0.15, 0.2) is 0 Å². The highest BCUT2D eigenvalue weighted by Crippen LogP contribution is 2.22. The summed E-state index contributed by atoms with van der Waals surface area (Å²) in [5.74, 6) is 1.12. The van der Waals surface area contributed by atoms with Crippen LogP contribution in [0, 0.1) is 0 Å². The second kappa shape index (κ2) is 5.45. The Morgan fingerprint density at radius 1 is 1.16 bits per heavy atom. The average Bonchev–Trinajstić information content (AvgIpc) is 2.47. The van der Waals surface area contributed by atoms with E-state index in [4.69, 9.17) is 4.74 Å². The van der Waals surface area contributed by atoms with Crippen LogP contribution in [-0.2, 0) is 4.74 Å². The highest BCUT2D eigenvalue weighted by Gasteiger charge is 2.20. The molecule has 0 saturated heterocycles. The van der Waals surface area contributed by atoms with E-state index in [1.807, 2.05) is 7.05 Å². The lowest BCUT2D eigenvalue weighted by atomic mass is 9.97. The molecular formula is C17H19NO. The number of nitrogens with one attached hydrogen (secondary N) is 1. The van der Waals surface area contributed by atoms with Crippen molar-refractivity contribution < 1.29 is 4.74 Å². The Hall–Kier alpha value is -1.80. The van der Waals surface area contributed by atoms with E-state index in [-0.39, 0.29) is 6.10 Å². The van der Waals surface area contributed by atoms with Crippen LogP contribution in [0.5, 0.6) is 0 Å². The van der Waals surface area contributed by atoms with E-state index in [0.29, 0.717) is 0 Å². The molecule has 0 amide bonds. The summed E-state index contributed by atoms with van der Waals surface area (Å²) in [6, 6.07) is 8.55. The quantitative estimate of drug-likeness (QED) is 0.821. The molecule has 0 aromatic heterocycles. The molecule has 1 aliphatic heterocycles. The van der Waals surface area contributed by atoms with Gasteiger partial charge in [0.1, 0.15) is 11.9 Å². The lowest BCUT2D eigenvalue weighted by Gasteiger charge is -2.25. The zero-order chi connectivity index (χ0) is 13.1. The maximum Gasteiger partial charge on any atom is 0.142 e. The van der Waals surface area contributed by atoms with Crippen molar-refractivity contribution in [3.05, 3.63) is 59.0 Å². The summed E-state index contributed by atoms with van der Waals surface area (Å²) in [7, 11) is 1.99. The summed E-state index contributed by atoms with van der Waals surface area (Å²) < 4.78 is 6.18. The Kier molecular flexibility index (Phi) is 3.51. The molecule has 2 aliphatic rings. The van der Waals surface area contributed by atoms with Gasteiger partial charge in [-0.3, -0.25) is 0 Å². The predicted molar refractivity (Wildman–Crippen MR) is 78.8 cm³/mol. The standard InChI is InChI=1S/C17H19NO/c1-18-12-6-11-17-15-8-3-2-7-13(15)14-9-4-5-10-16(14)19-17/h2-5,7-10,16,18H,6,11-12H2,1H3. The minimum absolute atomic E-state index is 0.0875. The van der Waals surface area contributed by atoms with E-state index < -0.39 is 0 Å². The zero-order valence-corrected chi connectivity index (χ0v) is 11.2. The first-order chi connectivity index (χ1) is 9.40. The van der Waals surface area contributed by atoms with Gasteiger partial charge in [-0.2, -0.15) is 0 Å². The molecule has 19 heavy (non-hydrogen) atoms. The zero-order valence-electron chi connectivity index (χ0n) is 11.2. The lowest BCUT2D eigenvalue weighted by Crippen LogP contribution is -2.38. The fourth-order valence-corrected chi connectivity index (χ4v) is 2.68. The van der Waals surface area contributed by atoms with Crippen molar-refractivity contribution in [1.29, 1.82) is 0 Å². The number of rotatable bonds is 4. The van der Waals surface area contributed by atoms with E-state index in [9.17, 15) is 0 Å². The summed E-state index contributed by atoms with van der Waals surface area (Å²) >= 11 is 0.